The van der Waals surface area contributed by atoms with Crippen molar-refractivity contribution >= 4 is 11.6 Å². The number of nitrogens with zero attached hydrogens (tertiary/aromatic N) is 1. The van der Waals surface area contributed by atoms with E-state index in [0.29, 0.717) is 0 Å². The van der Waals surface area contributed by atoms with E-state index < -0.39 is 0 Å². The van der Waals surface area contributed by atoms with Crippen molar-refractivity contribution in [2.45, 2.75) is 45.7 Å². The number of anilines is 1. The molecule has 1 amide bonds. The Morgan fingerprint density at radius 3 is 2.90 bits per heavy atom. The molecule has 0 spiro atoms. The summed E-state index contributed by atoms with van der Waals surface area (Å²) >= 11 is 0. The first kappa shape index (κ1) is 15.8. The lowest BCUT2D eigenvalue weighted by Gasteiger charge is -2.37. The van der Waals surface area contributed by atoms with Crippen LogP contribution in [0.1, 0.15) is 37.3 Å². The molecule has 0 radical (unpaired) electrons. The van der Waals surface area contributed by atoms with Crippen molar-refractivity contribution < 1.29 is 4.79 Å². The van der Waals surface area contributed by atoms with Crippen LogP contribution in [0.2, 0.25) is 0 Å². The summed E-state index contributed by atoms with van der Waals surface area (Å²) in [7, 11) is 1.73. The zero-order valence-electron chi connectivity index (χ0n) is 13.4. The molecule has 0 saturated carbocycles. The number of hydrogen-bond donors (Lipinski definition) is 2. The molecule has 1 heterocycles. The zero-order valence-corrected chi connectivity index (χ0v) is 13.4. The lowest BCUT2D eigenvalue weighted by molar-refractivity contribution is -0.122. The summed E-state index contributed by atoms with van der Waals surface area (Å²) in [5.41, 5.74) is 3.75. The Bertz CT molecular complexity index is 487. The van der Waals surface area contributed by atoms with Gasteiger partial charge in [-0.15, -0.1) is 0 Å². The Balaban J connectivity index is 2.30. The van der Waals surface area contributed by atoms with E-state index in [0.717, 1.165) is 38.9 Å². The highest BCUT2D eigenvalue weighted by molar-refractivity contribution is 5.85. The van der Waals surface area contributed by atoms with Crippen LogP contribution in [0.15, 0.2) is 18.2 Å². The van der Waals surface area contributed by atoms with Crippen LogP contribution in [0.25, 0.3) is 0 Å². The number of rotatable bonds is 5. The monoisotopic (exact) mass is 289 g/mol. The third-order valence-corrected chi connectivity index (χ3v) is 4.16. The molecular weight excluding hydrogens is 262 g/mol. The minimum absolute atomic E-state index is 0.0353. The van der Waals surface area contributed by atoms with Gasteiger partial charge in [0.25, 0.3) is 0 Å². The molecule has 4 heteroatoms. The van der Waals surface area contributed by atoms with E-state index in [2.05, 4.69) is 47.6 Å². The lowest BCUT2D eigenvalue weighted by Crippen LogP contribution is -2.49. The Morgan fingerprint density at radius 1 is 1.38 bits per heavy atom. The van der Waals surface area contributed by atoms with Gasteiger partial charge < -0.3 is 15.5 Å². The number of aryl methyl sites for hydroxylation is 1. The number of piperidine rings is 1. The van der Waals surface area contributed by atoms with E-state index in [-0.39, 0.29) is 11.9 Å². The van der Waals surface area contributed by atoms with Gasteiger partial charge in [0, 0.05) is 25.8 Å². The maximum absolute atomic E-state index is 12.2. The predicted molar refractivity (Wildman–Crippen MR) is 87.6 cm³/mol. The molecule has 0 aliphatic carbocycles. The average molecular weight is 289 g/mol. The molecule has 116 valence electrons. The maximum atomic E-state index is 12.2. The van der Waals surface area contributed by atoms with Gasteiger partial charge in [-0.1, -0.05) is 24.6 Å². The Labute approximate surface area is 127 Å². The second-order valence-corrected chi connectivity index (χ2v) is 5.73. The van der Waals surface area contributed by atoms with E-state index in [4.69, 9.17) is 0 Å². The second kappa shape index (κ2) is 7.46. The van der Waals surface area contributed by atoms with Gasteiger partial charge in [-0.3, -0.25) is 4.79 Å². The fourth-order valence-corrected chi connectivity index (χ4v) is 3.05. The van der Waals surface area contributed by atoms with Crippen molar-refractivity contribution in [2.75, 3.05) is 25.0 Å². The topological polar surface area (TPSA) is 44.4 Å². The fraction of sp³-hybridized carbons (Fsp3) is 0.588. The first-order valence-corrected chi connectivity index (χ1v) is 7.95. The molecule has 2 N–H and O–H groups in total. The van der Waals surface area contributed by atoms with E-state index in [9.17, 15) is 4.79 Å². The van der Waals surface area contributed by atoms with Gasteiger partial charge in [0.1, 0.15) is 6.04 Å². The Morgan fingerprint density at radius 2 is 2.19 bits per heavy atom. The van der Waals surface area contributed by atoms with Crippen molar-refractivity contribution in [3.63, 3.8) is 0 Å². The van der Waals surface area contributed by atoms with Crippen LogP contribution in [-0.2, 0) is 11.3 Å². The molecule has 1 atom stereocenters. The van der Waals surface area contributed by atoms with Crippen LogP contribution in [0.5, 0.6) is 0 Å². The Hall–Kier alpha value is -1.55. The molecule has 1 aliphatic rings. The SMILES string of the molecule is CCNCc1cc(C)ccc1N1CCCCC1C(=O)NC. The summed E-state index contributed by atoms with van der Waals surface area (Å²) in [4.78, 5) is 14.5. The average Bonchev–Trinajstić information content (AvgIpc) is 2.52. The predicted octanol–water partition coefficient (Wildman–Crippen LogP) is 2.21. The standard InChI is InChI=1S/C17H27N3O/c1-4-19-12-14-11-13(2)8-9-15(14)20-10-6-5-7-16(20)17(21)18-3/h8-9,11,16,19H,4-7,10,12H2,1-3H3,(H,18,21). The molecule has 1 aromatic rings. The van der Waals surface area contributed by atoms with Crippen molar-refractivity contribution in [3.8, 4) is 0 Å². The minimum atomic E-state index is -0.0353. The molecule has 0 bridgehead atoms. The van der Waals surface area contributed by atoms with Crippen LogP contribution >= 0.6 is 0 Å². The van der Waals surface area contributed by atoms with Crippen LogP contribution in [0, 0.1) is 6.92 Å². The molecular formula is C17H27N3O. The number of nitrogens with one attached hydrogen (secondary N) is 2. The van der Waals surface area contributed by atoms with E-state index >= 15 is 0 Å². The summed E-state index contributed by atoms with van der Waals surface area (Å²) in [6.45, 7) is 6.99. The summed E-state index contributed by atoms with van der Waals surface area (Å²) < 4.78 is 0. The van der Waals surface area contributed by atoms with Crippen LogP contribution < -0.4 is 15.5 Å². The normalized spacial score (nSPS) is 18.6. The molecule has 1 fully saturated rings. The molecule has 1 aromatic carbocycles. The smallest absolute Gasteiger partial charge is 0.242 e. The summed E-state index contributed by atoms with van der Waals surface area (Å²) in [6.07, 6.45) is 3.22. The van der Waals surface area contributed by atoms with Crippen molar-refractivity contribution in [1.82, 2.24) is 10.6 Å². The van der Waals surface area contributed by atoms with Gasteiger partial charge >= 0.3 is 0 Å². The van der Waals surface area contributed by atoms with Crippen LogP contribution in [-0.4, -0.2) is 32.1 Å². The highest BCUT2D eigenvalue weighted by Gasteiger charge is 2.29. The van der Waals surface area contributed by atoms with Gasteiger partial charge in [-0.2, -0.15) is 0 Å². The fourth-order valence-electron chi connectivity index (χ4n) is 3.05. The number of carbonyl (C=O) groups is 1. The first-order chi connectivity index (χ1) is 10.2. The zero-order chi connectivity index (χ0) is 15.2. The number of benzene rings is 1. The minimum Gasteiger partial charge on any atom is -0.359 e. The van der Waals surface area contributed by atoms with E-state index in [1.165, 1.54) is 16.8 Å². The second-order valence-electron chi connectivity index (χ2n) is 5.73. The molecule has 21 heavy (non-hydrogen) atoms. The molecule has 0 aromatic heterocycles. The molecule has 1 saturated heterocycles. The largest absolute Gasteiger partial charge is 0.359 e. The van der Waals surface area contributed by atoms with Gasteiger partial charge in [0.2, 0.25) is 5.91 Å². The van der Waals surface area contributed by atoms with E-state index in [1.807, 2.05) is 0 Å². The number of carbonyl (C=O) groups excluding carboxylic acids is 1. The third-order valence-electron chi connectivity index (χ3n) is 4.16. The molecule has 1 unspecified atom stereocenters. The van der Waals surface area contributed by atoms with Crippen molar-refractivity contribution in [3.05, 3.63) is 29.3 Å². The quantitative estimate of drug-likeness (QED) is 0.873. The van der Waals surface area contributed by atoms with Gasteiger partial charge in [0.15, 0.2) is 0 Å². The van der Waals surface area contributed by atoms with Gasteiger partial charge in [0.05, 0.1) is 0 Å². The molecule has 4 nitrogen and oxygen atoms in total. The molecule has 1 aliphatic heterocycles. The van der Waals surface area contributed by atoms with E-state index in [1.54, 1.807) is 7.05 Å². The number of hydrogen-bond acceptors (Lipinski definition) is 3. The Kier molecular flexibility index (Phi) is 5.62. The van der Waals surface area contributed by atoms with Crippen molar-refractivity contribution in [2.24, 2.45) is 0 Å². The van der Waals surface area contributed by atoms with Crippen LogP contribution in [0.3, 0.4) is 0 Å². The number of amides is 1. The first-order valence-electron chi connectivity index (χ1n) is 7.95. The summed E-state index contributed by atoms with van der Waals surface area (Å²) in [5, 5.41) is 6.21. The van der Waals surface area contributed by atoms with Gasteiger partial charge in [-0.05, 0) is 44.4 Å². The third kappa shape index (κ3) is 3.76. The van der Waals surface area contributed by atoms with Gasteiger partial charge in [-0.25, -0.2) is 0 Å². The molecule has 2 rings (SSSR count). The number of likely N-dealkylation sites (N-methyl/N-ethyl adjacent to an activating group) is 1. The maximum Gasteiger partial charge on any atom is 0.242 e. The summed E-state index contributed by atoms with van der Waals surface area (Å²) in [6, 6.07) is 6.50. The highest BCUT2D eigenvalue weighted by Crippen LogP contribution is 2.29. The highest BCUT2D eigenvalue weighted by atomic mass is 16.2. The summed E-state index contributed by atoms with van der Waals surface area (Å²) in [5.74, 6) is 0.129. The lowest BCUT2D eigenvalue weighted by atomic mass is 9.98. The van der Waals surface area contributed by atoms with Crippen molar-refractivity contribution in [1.29, 1.82) is 0 Å². The van der Waals surface area contributed by atoms with Crippen LogP contribution in [0.4, 0.5) is 5.69 Å².